The van der Waals surface area contributed by atoms with Crippen LogP contribution in [0.25, 0.3) is 0 Å². The van der Waals surface area contributed by atoms with Gasteiger partial charge in [0.15, 0.2) is 0 Å². The van der Waals surface area contributed by atoms with Crippen LogP contribution in [0.4, 0.5) is 0 Å². The lowest BCUT2D eigenvalue weighted by molar-refractivity contribution is -0.146. The molecule has 0 aromatic carbocycles. The third-order valence-electron chi connectivity index (χ3n) is 3.27. The monoisotopic (exact) mass is 277 g/mol. The van der Waals surface area contributed by atoms with Crippen LogP contribution in [-0.2, 0) is 19.6 Å². The Bertz CT molecular complexity index is 378. The number of methoxy groups -OCH3 is 1. The molecule has 0 saturated carbocycles. The summed E-state index contributed by atoms with van der Waals surface area (Å²) in [6, 6.07) is 0. The van der Waals surface area contributed by atoms with Gasteiger partial charge in [0, 0.05) is 13.1 Å². The Labute approximate surface area is 110 Å². The van der Waals surface area contributed by atoms with Crippen LogP contribution in [0.3, 0.4) is 0 Å². The van der Waals surface area contributed by atoms with Crippen LogP contribution in [0, 0.1) is 11.8 Å². The SMILES string of the molecule is COC(=O)C1CCCN(S(=O)(=O)CCC(C)C)C1. The molecule has 0 spiro atoms. The summed E-state index contributed by atoms with van der Waals surface area (Å²) in [6.45, 7) is 4.80. The molecule has 0 aliphatic carbocycles. The van der Waals surface area contributed by atoms with E-state index in [1.165, 1.54) is 11.4 Å². The zero-order chi connectivity index (χ0) is 13.8. The fourth-order valence-electron chi connectivity index (χ4n) is 2.07. The summed E-state index contributed by atoms with van der Waals surface area (Å²) in [5.74, 6) is -0.0873. The molecule has 1 rings (SSSR count). The Morgan fingerprint density at radius 1 is 1.44 bits per heavy atom. The van der Waals surface area contributed by atoms with Gasteiger partial charge < -0.3 is 4.74 Å². The van der Waals surface area contributed by atoms with Gasteiger partial charge in [-0.2, -0.15) is 0 Å². The third kappa shape index (κ3) is 4.24. The number of piperidine rings is 1. The van der Waals surface area contributed by atoms with Crippen molar-refractivity contribution < 1.29 is 17.9 Å². The highest BCUT2D eigenvalue weighted by atomic mass is 32.2. The largest absolute Gasteiger partial charge is 0.469 e. The summed E-state index contributed by atoms with van der Waals surface area (Å²) in [4.78, 5) is 11.5. The molecule has 6 heteroatoms. The zero-order valence-electron chi connectivity index (χ0n) is 11.4. The van der Waals surface area contributed by atoms with Gasteiger partial charge in [-0.3, -0.25) is 4.79 Å². The van der Waals surface area contributed by atoms with Gasteiger partial charge in [-0.1, -0.05) is 13.8 Å². The van der Waals surface area contributed by atoms with Gasteiger partial charge in [-0.05, 0) is 25.2 Å². The van der Waals surface area contributed by atoms with Crippen LogP contribution >= 0.6 is 0 Å². The summed E-state index contributed by atoms with van der Waals surface area (Å²) in [7, 11) is -1.89. The van der Waals surface area contributed by atoms with Crippen molar-refractivity contribution in [3.05, 3.63) is 0 Å². The molecule has 0 radical (unpaired) electrons. The molecule has 0 amide bonds. The number of esters is 1. The molecule has 1 fully saturated rings. The first-order valence-electron chi connectivity index (χ1n) is 6.42. The van der Waals surface area contributed by atoms with Crippen molar-refractivity contribution in [2.45, 2.75) is 33.1 Å². The smallest absolute Gasteiger partial charge is 0.309 e. The molecule has 1 heterocycles. The number of carbonyl (C=O) groups excluding carboxylic acids is 1. The number of sulfonamides is 1. The van der Waals surface area contributed by atoms with Gasteiger partial charge in [0.2, 0.25) is 10.0 Å². The van der Waals surface area contributed by atoms with Gasteiger partial charge in [0.1, 0.15) is 0 Å². The van der Waals surface area contributed by atoms with E-state index in [-0.39, 0.29) is 24.2 Å². The fraction of sp³-hybridized carbons (Fsp3) is 0.917. The van der Waals surface area contributed by atoms with Crippen molar-refractivity contribution in [3.8, 4) is 0 Å². The normalized spacial score (nSPS) is 22.1. The zero-order valence-corrected chi connectivity index (χ0v) is 12.2. The van der Waals surface area contributed by atoms with E-state index in [0.717, 1.165) is 6.42 Å². The Kier molecular flexibility index (Phi) is 5.59. The van der Waals surface area contributed by atoms with E-state index in [2.05, 4.69) is 4.74 Å². The predicted molar refractivity (Wildman–Crippen MR) is 69.6 cm³/mol. The highest BCUT2D eigenvalue weighted by Gasteiger charge is 2.32. The van der Waals surface area contributed by atoms with Gasteiger partial charge in [0.05, 0.1) is 18.8 Å². The van der Waals surface area contributed by atoms with Gasteiger partial charge in [-0.25, -0.2) is 12.7 Å². The van der Waals surface area contributed by atoms with Crippen molar-refractivity contribution in [1.29, 1.82) is 0 Å². The molecule has 0 bridgehead atoms. The first-order valence-corrected chi connectivity index (χ1v) is 8.03. The maximum atomic E-state index is 12.1. The summed E-state index contributed by atoms with van der Waals surface area (Å²) < 4.78 is 30.4. The van der Waals surface area contributed by atoms with Crippen LogP contribution in [0.2, 0.25) is 0 Å². The van der Waals surface area contributed by atoms with Crippen molar-refractivity contribution in [2.75, 3.05) is 26.0 Å². The first kappa shape index (κ1) is 15.4. The van der Waals surface area contributed by atoms with Gasteiger partial charge >= 0.3 is 5.97 Å². The molecule has 0 aromatic heterocycles. The van der Waals surface area contributed by atoms with Gasteiger partial charge in [-0.15, -0.1) is 0 Å². The van der Waals surface area contributed by atoms with Crippen molar-refractivity contribution in [1.82, 2.24) is 4.31 Å². The molecule has 5 nitrogen and oxygen atoms in total. The Morgan fingerprint density at radius 3 is 2.67 bits per heavy atom. The van der Waals surface area contributed by atoms with E-state index < -0.39 is 10.0 Å². The van der Waals surface area contributed by atoms with E-state index in [9.17, 15) is 13.2 Å². The molecule has 1 saturated heterocycles. The predicted octanol–water partition coefficient (Wildman–Crippen LogP) is 1.25. The van der Waals surface area contributed by atoms with E-state index in [1.807, 2.05) is 13.8 Å². The van der Waals surface area contributed by atoms with Crippen LogP contribution < -0.4 is 0 Å². The summed E-state index contributed by atoms with van der Waals surface area (Å²) in [6.07, 6.45) is 2.09. The number of hydrogen-bond acceptors (Lipinski definition) is 4. The molecular formula is C12H23NO4S. The number of hydrogen-bond donors (Lipinski definition) is 0. The van der Waals surface area contributed by atoms with Gasteiger partial charge in [0.25, 0.3) is 0 Å². The second-order valence-electron chi connectivity index (χ2n) is 5.22. The number of rotatable bonds is 5. The highest BCUT2D eigenvalue weighted by Crippen LogP contribution is 2.21. The second kappa shape index (κ2) is 6.52. The Hall–Kier alpha value is -0.620. The maximum Gasteiger partial charge on any atom is 0.309 e. The average molecular weight is 277 g/mol. The standard InChI is InChI=1S/C12H23NO4S/c1-10(2)6-8-18(15,16)13-7-4-5-11(9-13)12(14)17-3/h10-11H,4-9H2,1-3H3. The van der Waals surface area contributed by atoms with E-state index in [0.29, 0.717) is 25.3 Å². The van der Waals surface area contributed by atoms with Crippen molar-refractivity contribution >= 4 is 16.0 Å². The third-order valence-corrected chi connectivity index (χ3v) is 5.14. The highest BCUT2D eigenvalue weighted by molar-refractivity contribution is 7.89. The molecule has 106 valence electrons. The molecule has 1 unspecified atom stereocenters. The molecule has 0 N–H and O–H groups in total. The topological polar surface area (TPSA) is 63.7 Å². The number of carbonyl (C=O) groups is 1. The fourth-order valence-corrected chi connectivity index (χ4v) is 3.91. The lowest BCUT2D eigenvalue weighted by Crippen LogP contribution is -2.43. The lowest BCUT2D eigenvalue weighted by Gasteiger charge is -2.30. The van der Waals surface area contributed by atoms with Crippen LogP contribution in [-0.4, -0.2) is 44.6 Å². The molecule has 1 aliphatic heterocycles. The Morgan fingerprint density at radius 2 is 2.11 bits per heavy atom. The lowest BCUT2D eigenvalue weighted by atomic mass is 10.0. The number of ether oxygens (including phenoxy) is 1. The number of nitrogens with zero attached hydrogens (tertiary/aromatic N) is 1. The molecule has 0 aromatic rings. The summed E-state index contributed by atoms with van der Waals surface area (Å²) in [5.41, 5.74) is 0. The second-order valence-corrected chi connectivity index (χ2v) is 7.31. The summed E-state index contributed by atoms with van der Waals surface area (Å²) in [5, 5.41) is 0. The van der Waals surface area contributed by atoms with E-state index in [1.54, 1.807) is 0 Å². The summed E-state index contributed by atoms with van der Waals surface area (Å²) >= 11 is 0. The molecule has 18 heavy (non-hydrogen) atoms. The van der Waals surface area contributed by atoms with Crippen LogP contribution in [0.5, 0.6) is 0 Å². The minimum atomic E-state index is -3.23. The van der Waals surface area contributed by atoms with Crippen molar-refractivity contribution in [3.63, 3.8) is 0 Å². The first-order chi connectivity index (χ1) is 8.36. The quantitative estimate of drug-likeness (QED) is 0.709. The average Bonchev–Trinajstić information content (AvgIpc) is 2.35. The molecular weight excluding hydrogens is 254 g/mol. The molecule has 1 aliphatic rings. The van der Waals surface area contributed by atoms with Crippen molar-refractivity contribution in [2.24, 2.45) is 11.8 Å². The minimum absolute atomic E-state index is 0.165. The van der Waals surface area contributed by atoms with Crippen LogP contribution in [0.1, 0.15) is 33.1 Å². The minimum Gasteiger partial charge on any atom is -0.469 e. The Balaban J connectivity index is 2.62. The van der Waals surface area contributed by atoms with E-state index in [4.69, 9.17) is 0 Å². The molecule has 1 atom stereocenters. The van der Waals surface area contributed by atoms with E-state index >= 15 is 0 Å². The van der Waals surface area contributed by atoms with Crippen LogP contribution in [0.15, 0.2) is 0 Å². The maximum absolute atomic E-state index is 12.1.